The fourth-order valence-corrected chi connectivity index (χ4v) is 2.92. The first-order chi connectivity index (χ1) is 12.8. The fraction of sp³-hybridized carbons (Fsp3) is 0.200. The number of ether oxygens (including phenoxy) is 1. The van der Waals surface area contributed by atoms with Gasteiger partial charge in [-0.05, 0) is 43.7 Å². The van der Waals surface area contributed by atoms with E-state index < -0.39 is 29.7 Å². The quantitative estimate of drug-likeness (QED) is 0.663. The van der Waals surface area contributed by atoms with Crippen LogP contribution in [0.5, 0.6) is 0 Å². The third-order valence-corrected chi connectivity index (χ3v) is 4.51. The normalized spacial score (nSPS) is 14.0. The molecule has 2 aromatic rings. The van der Waals surface area contributed by atoms with Crippen molar-refractivity contribution in [2.75, 3.05) is 12.4 Å². The summed E-state index contributed by atoms with van der Waals surface area (Å²) in [5.74, 6) is -2.06. The summed E-state index contributed by atoms with van der Waals surface area (Å²) in [6.45, 7) is 3.25. The molecular formula is C20H18N2O5. The van der Waals surface area contributed by atoms with Gasteiger partial charge in [0, 0.05) is 5.69 Å². The van der Waals surface area contributed by atoms with Crippen LogP contribution < -0.4 is 5.32 Å². The lowest BCUT2D eigenvalue weighted by Gasteiger charge is -2.22. The van der Waals surface area contributed by atoms with Crippen LogP contribution in [-0.2, 0) is 9.53 Å². The number of carbonyl (C=O) groups is 4. The molecule has 1 aliphatic rings. The fourth-order valence-electron chi connectivity index (χ4n) is 2.92. The molecular weight excluding hydrogens is 348 g/mol. The number of hydrogen-bond acceptors (Lipinski definition) is 5. The van der Waals surface area contributed by atoms with Crippen LogP contribution in [0.3, 0.4) is 0 Å². The molecule has 7 heteroatoms. The van der Waals surface area contributed by atoms with Gasteiger partial charge in [-0.3, -0.25) is 19.3 Å². The van der Waals surface area contributed by atoms with Gasteiger partial charge in [0.2, 0.25) is 5.91 Å². The van der Waals surface area contributed by atoms with Gasteiger partial charge < -0.3 is 10.1 Å². The average molecular weight is 366 g/mol. The van der Waals surface area contributed by atoms with E-state index in [1.54, 1.807) is 43.3 Å². The monoisotopic (exact) mass is 366 g/mol. The Balaban J connectivity index is 1.83. The summed E-state index contributed by atoms with van der Waals surface area (Å²) >= 11 is 0. The Morgan fingerprint density at radius 1 is 1.04 bits per heavy atom. The van der Waals surface area contributed by atoms with E-state index in [1.807, 2.05) is 0 Å². The molecule has 7 nitrogen and oxygen atoms in total. The van der Waals surface area contributed by atoms with Crippen molar-refractivity contribution in [2.45, 2.75) is 19.9 Å². The molecule has 1 aliphatic heterocycles. The van der Waals surface area contributed by atoms with E-state index in [9.17, 15) is 19.2 Å². The molecule has 3 amide bonds. The molecule has 1 atom stereocenters. The molecule has 1 N–H and O–H groups in total. The summed E-state index contributed by atoms with van der Waals surface area (Å²) in [6.07, 6.45) is 0. The number of anilines is 1. The first-order valence-corrected chi connectivity index (χ1v) is 8.32. The Kier molecular flexibility index (Phi) is 4.77. The molecule has 138 valence electrons. The second-order valence-electron chi connectivity index (χ2n) is 6.21. The number of methoxy groups -OCH3 is 1. The van der Waals surface area contributed by atoms with E-state index in [1.165, 1.54) is 20.1 Å². The number of amides is 3. The lowest BCUT2D eigenvalue weighted by Crippen LogP contribution is -2.45. The van der Waals surface area contributed by atoms with E-state index in [2.05, 4.69) is 10.1 Å². The zero-order valence-corrected chi connectivity index (χ0v) is 15.1. The summed E-state index contributed by atoms with van der Waals surface area (Å²) in [5.41, 5.74) is 1.99. The smallest absolute Gasteiger partial charge is 0.337 e. The number of nitrogens with one attached hydrogen (secondary N) is 1. The van der Waals surface area contributed by atoms with Crippen molar-refractivity contribution in [3.63, 3.8) is 0 Å². The molecule has 1 heterocycles. The number of rotatable bonds is 4. The Hall–Kier alpha value is -3.48. The minimum absolute atomic E-state index is 0.283. The number of carbonyl (C=O) groups excluding carboxylic acids is 4. The van der Waals surface area contributed by atoms with Gasteiger partial charge in [-0.15, -0.1) is 0 Å². The highest BCUT2D eigenvalue weighted by atomic mass is 16.5. The van der Waals surface area contributed by atoms with E-state index in [-0.39, 0.29) is 16.7 Å². The number of benzene rings is 2. The number of nitrogens with zero attached hydrogens (tertiary/aromatic N) is 1. The van der Waals surface area contributed by atoms with Gasteiger partial charge in [0.25, 0.3) is 11.8 Å². The van der Waals surface area contributed by atoms with Crippen LogP contribution >= 0.6 is 0 Å². The van der Waals surface area contributed by atoms with E-state index in [0.29, 0.717) is 5.69 Å². The molecule has 27 heavy (non-hydrogen) atoms. The lowest BCUT2D eigenvalue weighted by atomic mass is 10.1. The van der Waals surface area contributed by atoms with Crippen LogP contribution in [0.25, 0.3) is 0 Å². The van der Waals surface area contributed by atoms with Crippen molar-refractivity contribution in [3.8, 4) is 0 Å². The average Bonchev–Trinajstić information content (AvgIpc) is 2.93. The third kappa shape index (κ3) is 3.19. The van der Waals surface area contributed by atoms with Crippen molar-refractivity contribution < 1.29 is 23.9 Å². The molecule has 0 fully saturated rings. The molecule has 0 aliphatic carbocycles. The van der Waals surface area contributed by atoms with E-state index in [0.717, 1.165) is 10.5 Å². The number of fused-ring (bicyclic) bond motifs is 1. The van der Waals surface area contributed by atoms with Crippen LogP contribution in [0.15, 0.2) is 42.5 Å². The Morgan fingerprint density at radius 3 is 2.19 bits per heavy atom. The second kappa shape index (κ2) is 7.03. The van der Waals surface area contributed by atoms with E-state index in [4.69, 9.17) is 0 Å². The predicted octanol–water partition coefficient (Wildman–Crippen LogP) is 2.40. The number of imide groups is 1. The standard InChI is InChI=1S/C20H18N2O5/c1-11-8-9-13(20(26)27-3)10-16(11)21-17(23)12(2)22-18(24)14-6-4-5-7-15(14)19(22)25/h4-10,12H,1-3H3,(H,21,23)/t12-/m1/s1. The van der Waals surface area contributed by atoms with Crippen molar-refractivity contribution in [3.05, 3.63) is 64.7 Å². The van der Waals surface area contributed by atoms with Gasteiger partial charge in [0.15, 0.2) is 0 Å². The van der Waals surface area contributed by atoms with Crippen molar-refractivity contribution in [2.24, 2.45) is 0 Å². The van der Waals surface area contributed by atoms with Crippen molar-refractivity contribution >= 4 is 29.4 Å². The molecule has 0 spiro atoms. The molecule has 2 aromatic carbocycles. The molecule has 0 saturated carbocycles. The molecule has 3 rings (SSSR count). The van der Waals surface area contributed by atoms with E-state index >= 15 is 0 Å². The molecule has 0 unspecified atom stereocenters. The van der Waals surface area contributed by atoms with Crippen LogP contribution in [0.4, 0.5) is 5.69 Å². The van der Waals surface area contributed by atoms with Gasteiger partial charge in [-0.1, -0.05) is 18.2 Å². The van der Waals surface area contributed by atoms with Crippen molar-refractivity contribution in [1.82, 2.24) is 4.90 Å². The zero-order valence-electron chi connectivity index (χ0n) is 15.1. The molecule has 0 aromatic heterocycles. The van der Waals surface area contributed by atoms with Gasteiger partial charge in [-0.2, -0.15) is 0 Å². The lowest BCUT2D eigenvalue weighted by molar-refractivity contribution is -0.119. The minimum Gasteiger partial charge on any atom is -0.465 e. The maximum absolute atomic E-state index is 12.7. The summed E-state index contributed by atoms with van der Waals surface area (Å²) in [7, 11) is 1.27. The van der Waals surface area contributed by atoms with Crippen LogP contribution in [0.1, 0.15) is 43.6 Å². The number of aryl methyl sites for hydroxylation is 1. The van der Waals surface area contributed by atoms with Crippen LogP contribution in [-0.4, -0.2) is 41.7 Å². The first-order valence-electron chi connectivity index (χ1n) is 8.32. The second-order valence-corrected chi connectivity index (χ2v) is 6.21. The summed E-state index contributed by atoms with van der Waals surface area (Å²) < 4.78 is 4.68. The highest BCUT2D eigenvalue weighted by Crippen LogP contribution is 2.25. The Labute approximate surface area is 155 Å². The largest absolute Gasteiger partial charge is 0.465 e. The highest BCUT2D eigenvalue weighted by Gasteiger charge is 2.40. The molecule has 0 radical (unpaired) electrons. The highest BCUT2D eigenvalue weighted by molar-refractivity contribution is 6.23. The van der Waals surface area contributed by atoms with Gasteiger partial charge >= 0.3 is 5.97 Å². The minimum atomic E-state index is -1.02. The van der Waals surface area contributed by atoms with Gasteiger partial charge in [-0.25, -0.2) is 4.79 Å². The summed E-state index contributed by atoms with van der Waals surface area (Å²) in [5, 5.41) is 2.68. The van der Waals surface area contributed by atoms with Gasteiger partial charge in [0.05, 0.1) is 23.8 Å². The Morgan fingerprint density at radius 2 is 1.63 bits per heavy atom. The van der Waals surface area contributed by atoms with Crippen molar-refractivity contribution in [1.29, 1.82) is 0 Å². The predicted molar refractivity (Wildman–Crippen MR) is 97.6 cm³/mol. The molecule has 0 bridgehead atoms. The third-order valence-electron chi connectivity index (χ3n) is 4.51. The number of esters is 1. The van der Waals surface area contributed by atoms with Gasteiger partial charge in [0.1, 0.15) is 6.04 Å². The van der Waals surface area contributed by atoms with Crippen LogP contribution in [0.2, 0.25) is 0 Å². The van der Waals surface area contributed by atoms with Crippen LogP contribution in [0, 0.1) is 6.92 Å². The first kappa shape index (κ1) is 18.3. The maximum atomic E-state index is 12.7. The Bertz CT molecular complexity index is 932. The molecule has 0 saturated heterocycles. The summed E-state index contributed by atoms with van der Waals surface area (Å²) in [6, 6.07) is 10.2. The summed E-state index contributed by atoms with van der Waals surface area (Å²) in [4.78, 5) is 50.3. The maximum Gasteiger partial charge on any atom is 0.337 e. The number of hydrogen-bond donors (Lipinski definition) is 1. The SMILES string of the molecule is COC(=O)c1ccc(C)c(NC(=O)[C@@H](C)N2C(=O)c3ccccc3C2=O)c1. The zero-order chi connectivity index (χ0) is 19.7. The topological polar surface area (TPSA) is 92.8 Å².